The predicted octanol–water partition coefficient (Wildman–Crippen LogP) is 2.91. The maximum absolute atomic E-state index is 12.3. The number of ether oxygens (including phenoxy) is 3. The summed E-state index contributed by atoms with van der Waals surface area (Å²) in [7, 11) is 0. The second kappa shape index (κ2) is 12.2. The molecular formula is C23H29NO7. The molecule has 0 aromatic heterocycles. The molecule has 0 amide bonds. The molecule has 0 spiro atoms. The van der Waals surface area contributed by atoms with Crippen LogP contribution < -0.4 is 5.11 Å². The van der Waals surface area contributed by atoms with Crippen LogP contribution in [-0.2, 0) is 28.6 Å². The molecule has 0 saturated heterocycles. The molecule has 1 aromatic rings. The number of benzene rings is 1. The molecule has 0 radical (unpaired) electrons. The van der Waals surface area contributed by atoms with E-state index in [1.54, 1.807) is 71.9 Å². The minimum absolute atomic E-state index is 0.0722. The topological polar surface area (TPSA) is 97.1 Å². The van der Waals surface area contributed by atoms with E-state index >= 15 is 0 Å². The van der Waals surface area contributed by atoms with Crippen LogP contribution in [0.1, 0.15) is 41.5 Å². The Kier molecular flexibility index (Phi) is 10.1. The third kappa shape index (κ3) is 9.69. The predicted molar refractivity (Wildman–Crippen MR) is 112 cm³/mol. The van der Waals surface area contributed by atoms with Gasteiger partial charge in [-0.1, -0.05) is 25.1 Å². The Morgan fingerprint density at radius 3 is 2.23 bits per heavy atom. The fraction of sp³-hybridized carbons (Fsp3) is 0.391. The molecular weight excluding hydrogens is 402 g/mol. The Labute approximate surface area is 182 Å². The average molecular weight is 431 g/mol. The summed E-state index contributed by atoms with van der Waals surface area (Å²) in [4.78, 5) is 30.0. The van der Waals surface area contributed by atoms with Crippen molar-refractivity contribution in [3.63, 3.8) is 0 Å². The molecule has 0 aliphatic heterocycles. The molecule has 0 bridgehead atoms. The summed E-state index contributed by atoms with van der Waals surface area (Å²) in [6.45, 7) is 10.4. The highest BCUT2D eigenvalue weighted by molar-refractivity contribution is 5.95. The number of carbonyl (C=O) groups is 2. The van der Waals surface area contributed by atoms with Gasteiger partial charge >= 0.3 is 17.7 Å². The van der Waals surface area contributed by atoms with E-state index in [0.29, 0.717) is 11.4 Å². The van der Waals surface area contributed by atoms with Crippen LogP contribution in [0.5, 0.6) is 0 Å². The van der Waals surface area contributed by atoms with Crippen LogP contribution in [0.4, 0.5) is 5.69 Å². The van der Waals surface area contributed by atoms with Gasteiger partial charge in [-0.05, 0) is 40.0 Å². The molecule has 0 saturated carbocycles. The molecule has 0 heterocycles. The zero-order valence-electron chi connectivity index (χ0n) is 18.8. The number of carbonyl (C=O) groups excluding carboxylic acids is 2. The second-order valence-corrected chi connectivity index (χ2v) is 7.12. The van der Waals surface area contributed by atoms with Gasteiger partial charge in [0.2, 0.25) is 5.71 Å². The van der Waals surface area contributed by atoms with Crippen LogP contribution in [0.15, 0.2) is 59.9 Å². The standard InChI is InChI=1S/C23H29NO7/c1-7-28-21(26)16-19(22(27)29-8-2)31-24(18-12-10-9-11-13-18)17(3)14-15-20(25)30-23(4,5)6/h9-15H,7-8H2,1-6H3/b15-14+,24-17+. The molecule has 168 valence electrons. The van der Waals surface area contributed by atoms with Gasteiger partial charge in [-0.2, -0.15) is 0 Å². The van der Waals surface area contributed by atoms with Gasteiger partial charge in [-0.15, -0.1) is 0 Å². The summed E-state index contributed by atoms with van der Waals surface area (Å²) in [6.07, 6.45) is 2.71. The van der Waals surface area contributed by atoms with E-state index in [9.17, 15) is 14.7 Å². The Morgan fingerprint density at radius 1 is 1.06 bits per heavy atom. The zero-order chi connectivity index (χ0) is 23.4. The smallest absolute Gasteiger partial charge is 0.390 e. The van der Waals surface area contributed by atoms with Crippen LogP contribution in [0.2, 0.25) is 0 Å². The Morgan fingerprint density at radius 2 is 1.68 bits per heavy atom. The Balaban J connectivity index is 3.44. The van der Waals surface area contributed by atoms with E-state index in [2.05, 4.69) is 5.73 Å². The van der Waals surface area contributed by atoms with Crippen LogP contribution in [-0.4, -0.2) is 41.2 Å². The van der Waals surface area contributed by atoms with Gasteiger partial charge in [0.25, 0.3) is 5.69 Å². The van der Waals surface area contributed by atoms with Crippen molar-refractivity contribution in [2.45, 2.75) is 47.1 Å². The lowest BCUT2D eigenvalue weighted by atomic mass is 10.2. The number of nitrogens with zero attached hydrogens (tertiary/aromatic N) is 1. The number of hydrogen-bond donors (Lipinski definition) is 0. The quantitative estimate of drug-likeness (QED) is 0.113. The van der Waals surface area contributed by atoms with Crippen LogP contribution >= 0.6 is 0 Å². The molecule has 0 aliphatic carbocycles. The number of esters is 2. The van der Waals surface area contributed by atoms with Crippen molar-refractivity contribution in [1.82, 2.24) is 0 Å². The first-order valence-electron chi connectivity index (χ1n) is 9.83. The fourth-order valence-corrected chi connectivity index (χ4v) is 2.14. The minimum Gasteiger partial charge on any atom is -0.608 e. The SMILES string of the molecule is CCOC(=O)C(=C=C([O-])OCC)O/[N+](=C(C)/C=C/C(=O)OC(C)(C)C)c1ccccc1. The molecule has 1 rings (SSSR count). The third-order valence-corrected chi connectivity index (χ3v) is 3.31. The van der Waals surface area contributed by atoms with Gasteiger partial charge < -0.3 is 19.3 Å². The highest BCUT2D eigenvalue weighted by Gasteiger charge is 2.24. The van der Waals surface area contributed by atoms with E-state index in [1.807, 2.05) is 0 Å². The summed E-state index contributed by atoms with van der Waals surface area (Å²) in [5.74, 6) is -2.80. The molecule has 0 fully saturated rings. The van der Waals surface area contributed by atoms with Gasteiger partial charge in [-0.25, -0.2) is 14.4 Å². The summed E-state index contributed by atoms with van der Waals surface area (Å²) in [5.41, 5.74) is 2.55. The molecule has 0 unspecified atom stereocenters. The number of rotatable bonds is 9. The Hall–Kier alpha value is -3.51. The van der Waals surface area contributed by atoms with Gasteiger partial charge in [0.05, 0.1) is 6.61 Å². The first-order chi connectivity index (χ1) is 14.6. The van der Waals surface area contributed by atoms with Crippen LogP contribution in [0, 0.1) is 0 Å². The number of allylic oxidation sites excluding steroid dienone is 1. The van der Waals surface area contributed by atoms with E-state index < -0.39 is 29.2 Å². The minimum atomic E-state index is -0.889. The summed E-state index contributed by atoms with van der Waals surface area (Å²) in [5, 5.41) is 11.9. The normalized spacial score (nSPS) is 11.8. The van der Waals surface area contributed by atoms with Crippen molar-refractivity contribution in [2.24, 2.45) is 0 Å². The third-order valence-electron chi connectivity index (χ3n) is 3.31. The van der Waals surface area contributed by atoms with Gasteiger partial charge in [-0.3, -0.25) is 0 Å². The first-order valence-corrected chi connectivity index (χ1v) is 9.83. The summed E-state index contributed by atoms with van der Waals surface area (Å²) < 4.78 is 16.3. The monoisotopic (exact) mass is 431 g/mol. The average Bonchev–Trinajstić information content (AvgIpc) is 2.69. The van der Waals surface area contributed by atoms with Gasteiger partial charge in [0.1, 0.15) is 11.5 Å². The van der Waals surface area contributed by atoms with Crippen molar-refractivity contribution < 1.29 is 38.5 Å². The van der Waals surface area contributed by atoms with Crippen molar-refractivity contribution in [2.75, 3.05) is 13.2 Å². The van der Waals surface area contributed by atoms with E-state index in [4.69, 9.17) is 19.0 Å². The van der Waals surface area contributed by atoms with Crippen molar-refractivity contribution in [3.8, 4) is 0 Å². The van der Waals surface area contributed by atoms with Crippen LogP contribution in [0.3, 0.4) is 0 Å². The molecule has 8 heteroatoms. The lowest BCUT2D eigenvalue weighted by molar-refractivity contribution is -0.711. The van der Waals surface area contributed by atoms with Crippen LogP contribution in [0.25, 0.3) is 0 Å². The summed E-state index contributed by atoms with van der Waals surface area (Å²) in [6, 6.07) is 8.77. The first kappa shape index (κ1) is 25.5. The lowest BCUT2D eigenvalue weighted by Gasteiger charge is -2.17. The van der Waals surface area contributed by atoms with Gasteiger partial charge in [0.15, 0.2) is 0 Å². The molecule has 31 heavy (non-hydrogen) atoms. The molecule has 8 nitrogen and oxygen atoms in total. The van der Waals surface area contributed by atoms with Crippen molar-refractivity contribution in [1.29, 1.82) is 0 Å². The molecule has 0 atom stereocenters. The largest absolute Gasteiger partial charge is 0.608 e. The number of hydrogen-bond acceptors (Lipinski definition) is 7. The lowest BCUT2D eigenvalue weighted by Crippen LogP contribution is -2.23. The molecule has 1 aromatic carbocycles. The van der Waals surface area contributed by atoms with Crippen molar-refractivity contribution >= 4 is 23.3 Å². The maximum Gasteiger partial charge on any atom is 0.390 e. The number of para-hydroxylation sites is 1. The van der Waals surface area contributed by atoms with E-state index in [-0.39, 0.29) is 13.2 Å². The maximum atomic E-state index is 12.3. The molecule has 0 aliphatic rings. The highest BCUT2D eigenvalue weighted by Crippen LogP contribution is 2.16. The Bertz CT molecular complexity index is 886. The zero-order valence-corrected chi connectivity index (χ0v) is 18.8. The molecule has 0 N–H and O–H groups in total. The van der Waals surface area contributed by atoms with Gasteiger partial charge in [0, 0.05) is 35.9 Å². The summed E-state index contributed by atoms with van der Waals surface area (Å²) >= 11 is 0. The fourth-order valence-electron chi connectivity index (χ4n) is 2.14. The van der Waals surface area contributed by atoms with E-state index in [1.165, 1.54) is 16.9 Å². The van der Waals surface area contributed by atoms with Crippen molar-refractivity contribution in [3.05, 3.63) is 59.9 Å². The highest BCUT2D eigenvalue weighted by atomic mass is 16.7. The second-order valence-electron chi connectivity index (χ2n) is 7.12. The van der Waals surface area contributed by atoms with E-state index in [0.717, 1.165) is 0 Å².